The highest BCUT2D eigenvalue weighted by Gasteiger charge is 2.29. The second kappa shape index (κ2) is 7.73. The van der Waals surface area contributed by atoms with Crippen molar-refractivity contribution in [2.45, 2.75) is 58.1 Å². The number of amides is 1. The maximum absolute atomic E-state index is 13.2. The van der Waals surface area contributed by atoms with Gasteiger partial charge in [-0.2, -0.15) is 0 Å². The van der Waals surface area contributed by atoms with Gasteiger partial charge in [0, 0.05) is 19.0 Å². The molecule has 1 aliphatic rings. The van der Waals surface area contributed by atoms with E-state index in [1.165, 1.54) is 12.1 Å². The van der Waals surface area contributed by atoms with Crippen LogP contribution in [0.5, 0.6) is 0 Å². The van der Waals surface area contributed by atoms with Crippen LogP contribution in [0.1, 0.15) is 45.1 Å². The van der Waals surface area contributed by atoms with Gasteiger partial charge in [-0.1, -0.05) is 19.1 Å². The predicted octanol–water partition coefficient (Wildman–Crippen LogP) is 3.16. The average Bonchev–Trinajstić information content (AvgIpc) is 2.85. The third-order valence-electron chi connectivity index (χ3n) is 4.31. The van der Waals surface area contributed by atoms with Gasteiger partial charge in [-0.25, -0.2) is 4.39 Å². The number of carbonyl (C=O) groups excluding carboxylic acids is 1. The van der Waals surface area contributed by atoms with Crippen molar-refractivity contribution in [3.63, 3.8) is 0 Å². The standard InChI is InChI=1S/C18H26FNO2/c1-13(9-15-5-3-6-16(19)12-15)10-18(22)20-8-4-7-17(20)11-14(2)21/h3,5-6,12-14,17,21H,4,7-11H2,1-2H3. The number of aliphatic hydroxyl groups excluding tert-OH is 1. The Morgan fingerprint density at radius 1 is 1.45 bits per heavy atom. The molecule has 0 saturated carbocycles. The van der Waals surface area contributed by atoms with Gasteiger partial charge >= 0.3 is 0 Å². The van der Waals surface area contributed by atoms with E-state index in [0.717, 1.165) is 24.9 Å². The summed E-state index contributed by atoms with van der Waals surface area (Å²) in [6.45, 7) is 4.60. The molecule has 22 heavy (non-hydrogen) atoms. The average molecular weight is 307 g/mol. The number of rotatable bonds is 6. The van der Waals surface area contributed by atoms with E-state index in [1.807, 2.05) is 17.9 Å². The maximum atomic E-state index is 13.2. The van der Waals surface area contributed by atoms with Gasteiger partial charge < -0.3 is 10.0 Å². The van der Waals surface area contributed by atoms with Gasteiger partial charge in [0.05, 0.1) is 6.10 Å². The van der Waals surface area contributed by atoms with E-state index in [2.05, 4.69) is 0 Å². The number of likely N-dealkylation sites (tertiary alicyclic amines) is 1. The number of carbonyl (C=O) groups is 1. The highest BCUT2D eigenvalue weighted by atomic mass is 19.1. The van der Waals surface area contributed by atoms with E-state index < -0.39 is 0 Å². The van der Waals surface area contributed by atoms with Gasteiger partial charge in [0.15, 0.2) is 0 Å². The quantitative estimate of drug-likeness (QED) is 0.877. The molecule has 4 heteroatoms. The van der Waals surface area contributed by atoms with Crippen molar-refractivity contribution < 1.29 is 14.3 Å². The molecule has 0 spiro atoms. The van der Waals surface area contributed by atoms with Crippen molar-refractivity contribution in [1.29, 1.82) is 0 Å². The lowest BCUT2D eigenvalue weighted by Gasteiger charge is -2.27. The Balaban J connectivity index is 1.88. The van der Waals surface area contributed by atoms with E-state index in [1.54, 1.807) is 13.0 Å². The lowest BCUT2D eigenvalue weighted by molar-refractivity contribution is -0.133. The normalized spacial score (nSPS) is 20.9. The van der Waals surface area contributed by atoms with E-state index in [-0.39, 0.29) is 29.8 Å². The number of benzene rings is 1. The van der Waals surface area contributed by atoms with Crippen LogP contribution in [-0.2, 0) is 11.2 Å². The molecular formula is C18H26FNO2. The molecule has 3 atom stereocenters. The first-order chi connectivity index (χ1) is 10.5. The van der Waals surface area contributed by atoms with Crippen molar-refractivity contribution in [3.8, 4) is 0 Å². The molecule has 3 nitrogen and oxygen atoms in total. The van der Waals surface area contributed by atoms with Crippen molar-refractivity contribution in [2.24, 2.45) is 5.92 Å². The van der Waals surface area contributed by atoms with Crippen LogP contribution in [0, 0.1) is 11.7 Å². The zero-order valence-electron chi connectivity index (χ0n) is 13.5. The van der Waals surface area contributed by atoms with Gasteiger partial charge in [-0.05, 0) is 56.2 Å². The van der Waals surface area contributed by atoms with Crippen molar-refractivity contribution in [2.75, 3.05) is 6.54 Å². The second-order valence-corrected chi connectivity index (χ2v) is 6.61. The zero-order valence-corrected chi connectivity index (χ0v) is 13.5. The van der Waals surface area contributed by atoms with Gasteiger partial charge in [0.2, 0.25) is 5.91 Å². The lowest BCUT2D eigenvalue weighted by Crippen LogP contribution is -2.38. The Kier molecular flexibility index (Phi) is 5.95. The van der Waals surface area contributed by atoms with Crippen LogP contribution in [0.2, 0.25) is 0 Å². The lowest BCUT2D eigenvalue weighted by atomic mass is 9.97. The minimum absolute atomic E-state index is 0.159. The van der Waals surface area contributed by atoms with E-state index in [0.29, 0.717) is 19.3 Å². The number of hydrogen-bond acceptors (Lipinski definition) is 2. The minimum Gasteiger partial charge on any atom is -0.393 e. The molecule has 1 aromatic carbocycles. The SMILES string of the molecule is CC(O)CC1CCCN1C(=O)CC(C)Cc1cccc(F)c1. The Morgan fingerprint density at radius 2 is 2.23 bits per heavy atom. The van der Waals surface area contributed by atoms with Crippen LogP contribution in [0.3, 0.4) is 0 Å². The molecule has 1 fully saturated rings. The van der Waals surface area contributed by atoms with Crippen molar-refractivity contribution >= 4 is 5.91 Å². The fraction of sp³-hybridized carbons (Fsp3) is 0.611. The summed E-state index contributed by atoms with van der Waals surface area (Å²) in [5.41, 5.74) is 0.933. The van der Waals surface area contributed by atoms with Crippen molar-refractivity contribution in [3.05, 3.63) is 35.6 Å². The van der Waals surface area contributed by atoms with Gasteiger partial charge in [-0.15, -0.1) is 0 Å². The van der Waals surface area contributed by atoms with Crippen LogP contribution in [0.25, 0.3) is 0 Å². The van der Waals surface area contributed by atoms with Gasteiger partial charge in [-0.3, -0.25) is 4.79 Å². The molecule has 0 bridgehead atoms. The first kappa shape index (κ1) is 16.9. The molecule has 0 aromatic heterocycles. The molecular weight excluding hydrogens is 281 g/mol. The fourth-order valence-corrected chi connectivity index (χ4v) is 3.36. The second-order valence-electron chi connectivity index (χ2n) is 6.61. The smallest absolute Gasteiger partial charge is 0.223 e. The predicted molar refractivity (Wildman–Crippen MR) is 84.9 cm³/mol. The number of hydrogen-bond donors (Lipinski definition) is 1. The molecule has 0 aliphatic carbocycles. The largest absolute Gasteiger partial charge is 0.393 e. The summed E-state index contributed by atoms with van der Waals surface area (Å²) in [7, 11) is 0. The zero-order chi connectivity index (χ0) is 16.1. The highest BCUT2D eigenvalue weighted by molar-refractivity contribution is 5.77. The first-order valence-corrected chi connectivity index (χ1v) is 8.17. The summed E-state index contributed by atoms with van der Waals surface area (Å²) in [6, 6.07) is 6.75. The van der Waals surface area contributed by atoms with Gasteiger partial charge in [0.25, 0.3) is 0 Å². The number of aliphatic hydroxyl groups is 1. The summed E-state index contributed by atoms with van der Waals surface area (Å²) in [4.78, 5) is 14.4. The Morgan fingerprint density at radius 3 is 2.91 bits per heavy atom. The van der Waals surface area contributed by atoms with E-state index >= 15 is 0 Å². The van der Waals surface area contributed by atoms with Crippen LogP contribution in [-0.4, -0.2) is 34.6 Å². The summed E-state index contributed by atoms with van der Waals surface area (Å²) >= 11 is 0. The molecule has 1 aliphatic heterocycles. The number of nitrogens with zero attached hydrogens (tertiary/aromatic N) is 1. The van der Waals surface area contributed by atoms with Crippen LogP contribution >= 0.6 is 0 Å². The molecule has 1 heterocycles. The topological polar surface area (TPSA) is 40.5 Å². The molecule has 1 N–H and O–H groups in total. The van der Waals surface area contributed by atoms with Gasteiger partial charge in [0.1, 0.15) is 5.82 Å². The molecule has 1 saturated heterocycles. The monoisotopic (exact) mass is 307 g/mol. The highest BCUT2D eigenvalue weighted by Crippen LogP contribution is 2.24. The van der Waals surface area contributed by atoms with Crippen LogP contribution < -0.4 is 0 Å². The summed E-state index contributed by atoms with van der Waals surface area (Å²) < 4.78 is 13.2. The maximum Gasteiger partial charge on any atom is 0.223 e. The summed E-state index contributed by atoms with van der Waals surface area (Å²) in [6.07, 6.45) is 3.47. The Bertz CT molecular complexity index is 504. The molecule has 3 unspecified atom stereocenters. The number of halogens is 1. The Hall–Kier alpha value is -1.42. The molecule has 122 valence electrons. The summed E-state index contributed by atoms with van der Waals surface area (Å²) in [5.74, 6) is 0.113. The van der Waals surface area contributed by atoms with E-state index in [9.17, 15) is 14.3 Å². The minimum atomic E-state index is -0.372. The fourth-order valence-electron chi connectivity index (χ4n) is 3.36. The third-order valence-corrected chi connectivity index (χ3v) is 4.31. The van der Waals surface area contributed by atoms with Crippen molar-refractivity contribution in [1.82, 2.24) is 4.90 Å². The first-order valence-electron chi connectivity index (χ1n) is 8.17. The molecule has 0 radical (unpaired) electrons. The van der Waals surface area contributed by atoms with E-state index in [4.69, 9.17) is 0 Å². The molecule has 2 rings (SSSR count). The van der Waals surface area contributed by atoms with Crippen LogP contribution in [0.4, 0.5) is 4.39 Å². The molecule has 1 aromatic rings. The molecule has 1 amide bonds. The van der Waals surface area contributed by atoms with Crippen LogP contribution in [0.15, 0.2) is 24.3 Å². The Labute approximate surface area is 132 Å². The summed E-state index contributed by atoms with van der Waals surface area (Å²) in [5, 5.41) is 9.54. The third kappa shape index (κ3) is 4.80.